The van der Waals surface area contributed by atoms with Gasteiger partial charge in [-0.05, 0) is 25.0 Å². The lowest BCUT2D eigenvalue weighted by molar-refractivity contribution is -0.117. The molecule has 80 valence electrons. The number of para-hydroxylation sites is 1. The highest BCUT2D eigenvalue weighted by atomic mass is 35.5. The summed E-state index contributed by atoms with van der Waals surface area (Å²) in [7, 11) is 0. The molecule has 1 amide bonds. The molecular weight excluding hydrogens is 233 g/mol. The average Bonchev–Trinajstić information content (AvgIpc) is 2.52. The summed E-state index contributed by atoms with van der Waals surface area (Å²) < 4.78 is 0. The number of anilines is 1. The molecule has 0 bridgehead atoms. The molecule has 1 unspecified atom stereocenters. The van der Waals surface area contributed by atoms with E-state index >= 15 is 0 Å². The fourth-order valence-corrected chi connectivity index (χ4v) is 2.22. The summed E-state index contributed by atoms with van der Waals surface area (Å²) in [6.07, 6.45) is 0.864. The molecule has 1 aromatic carbocycles. The van der Waals surface area contributed by atoms with Crippen molar-refractivity contribution in [1.82, 2.24) is 0 Å². The van der Waals surface area contributed by atoms with Crippen LogP contribution in [0, 0.1) is 0 Å². The van der Waals surface area contributed by atoms with E-state index in [0.717, 1.165) is 12.1 Å². The Kier molecular flexibility index (Phi) is 2.89. The van der Waals surface area contributed by atoms with Crippen molar-refractivity contribution in [3.05, 3.63) is 29.8 Å². The largest absolute Gasteiger partial charge is 0.307 e. The van der Waals surface area contributed by atoms with Crippen LogP contribution in [0.4, 0.5) is 5.69 Å². The Labute approximate surface area is 98.8 Å². The van der Waals surface area contributed by atoms with E-state index in [1.54, 1.807) is 4.90 Å². The van der Waals surface area contributed by atoms with E-state index in [0.29, 0.717) is 0 Å². The first-order chi connectivity index (χ1) is 7.11. The zero-order chi connectivity index (χ0) is 11.0. The van der Waals surface area contributed by atoms with Gasteiger partial charge in [-0.1, -0.05) is 41.4 Å². The Morgan fingerprint density at radius 3 is 2.80 bits per heavy atom. The van der Waals surface area contributed by atoms with Crippen LogP contribution in [0.2, 0.25) is 0 Å². The summed E-state index contributed by atoms with van der Waals surface area (Å²) in [4.78, 5) is 12.5. The second-order valence-electron chi connectivity index (χ2n) is 3.69. The number of nitrogens with zero attached hydrogens (tertiary/aromatic N) is 1. The van der Waals surface area contributed by atoms with Crippen LogP contribution in [-0.2, 0) is 11.2 Å². The van der Waals surface area contributed by atoms with Gasteiger partial charge < -0.3 is 4.90 Å². The summed E-state index contributed by atoms with van der Waals surface area (Å²) in [5.41, 5.74) is 2.11. The molecule has 2 nitrogen and oxygen atoms in total. The third-order valence-corrected chi connectivity index (χ3v) is 3.00. The van der Waals surface area contributed by atoms with Gasteiger partial charge >= 0.3 is 0 Å². The third-order valence-electron chi connectivity index (χ3n) is 2.63. The molecule has 0 saturated heterocycles. The van der Waals surface area contributed by atoms with E-state index in [-0.39, 0.29) is 11.9 Å². The van der Waals surface area contributed by atoms with Crippen LogP contribution in [0.25, 0.3) is 0 Å². The van der Waals surface area contributed by atoms with E-state index in [2.05, 4.69) is 0 Å². The number of hydrogen-bond donors (Lipinski definition) is 0. The number of carbonyl (C=O) groups is 1. The predicted molar refractivity (Wildman–Crippen MR) is 62.6 cm³/mol. The Morgan fingerprint density at radius 1 is 1.47 bits per heavy atom. The molecule has 0 spiro atoms. The van der Waals surface area contributed by atoms with E-state index < -0.39 is 4.84 Å². The molecule has 1 heterocycles. The quantitative estimate of drug-likeness (QED) is 0.695. The minimum absolute atomic E-state index is 0.134. The maximum atomic E-state index is 11.8. The van der Waals surface area contributed by atoms with Gasteiger partial charge in [-0.15, -0.1) is 0 Å². The van der Waals surface area contributed by atoms with E-state index in [1.807, 2.05) is 31.2 Å². The van der Waals surface area contributed by atoms with Crippen LogP contribution in [0.1, 0.15) is 12.5 Å². The van der Waals surface area contributed by atoms with E-state index in [9.17, 15) is 4.79 Å². The van der Waals surface area contributed by atoms with Gasteiger partial charge in [-0.2, -0.15) is 0 Å². The minimum Gasteiger partial charge on any atom is -0.307 e. The van der Waals surface area contributed by atoms with Gasteiger partial charge in [0.05, 0.1) is 0 Å². The lowest BCUT2D eigenvalue weighted by Crippen LogP contribution is -2.39. The van der Waals surface area contributed by atoms with Gasteiger partial charge in [0.1, 0.15) is 0 Å². The fraction of sp³-hybridized carbons (Fsp3) is 0.364. The van der Waals surface area contributed by atoms with Gasteiger partial charge in [0.25, 0.3) is 5.91 Å². The van der Waals surface area contributed by atoms with Gasteiger partial charge in [0.15, 0.2) is 4.84 Å². The van der Waals surface area contributed by atoms with Crippen molar-refractivity contribution in [3.63, 3.8) is 0 Å². The SMILES string of the molecule is CC1Cc2ccccc2N1C(=O)C(Cl)Cl. The lowest BCUT2D eigenvalue weighted by atomic mass is 10.1. The Bertz CT molecular complexity index is 392. The number of rotatable bonds is 1. The Morgan fingerprint density at radius 2 is 2.13 bits per heavy atom. The predicted octanol–water partition coefficient (Wildman–Crippen LogP) is 2.77. The molecule has 1 aliphatic rings. The van der Waals surface area contributed by atoms with Crippen molar-refractivity contribution in [2.75, 3.05) is 4.90 Å². The molecule has 0 aromatic heterocycles. The lowest BCUT2D eigenvalue weighted by Gasteiger charge is -2.23. The van der Waals surface area contributed by atoms with Crippen LogP contribution in [0.5, 0.6) is 0 Å². The van der Waals surface area contributed by atoms with Crippen LogP contribution < -0.4 is 4.90 Å². The summed E-state index contributed by atoms with van der Waals surface area (Å²) in [6.45, 7) is 1.99. The molecule has 2 rings (SSSR count). The standard InChI is InChI=1S/C11H11Cl2NO/c1-7-6-8-4-2-3-5-9(8)14(7)11(15)10(12)13/h2-5,7,10H,6H2,1H3. The average molecular weight is 244 g/mol. The Balaban J connectivity index is 2.38. The summed E-state index contributed by atoms with van der Waals surface area (Å²) in [6, 6.07) is 7.96. The normalized spacial score (nSPS) is 19.5. The van der Waals surface area contributed by atoms with Gasteiger partial charge in [-0.25, -0.2) is 0 Å². The Hall–Kier alpha value is -0.730. The van der Waals surface area contributed by atoms with Gasteiger partial charge in [0.2, 0.25) is 0 Å². The molecule has 0 N–H and O–H groups in total. The molecule has 0 fully saturated rings. The summed E-state index contributed by atoms with van der Waals surface area (Å²) >= 11 is 11.2. The summed E-state index contributed by atoms with van der Waals surface area (Å²) in [5, 5.41) is 0. The third kappa shape index (κ3) is 1.84. The second-order valence-corrected chi connectivity index (χ2v) is 4.79. The number of carbonyl (C=O) groups excluding carboxylic acids is 1. The maximum absolute atomic E-state index is 11.8. The number of alkyl halides is 2. The molecular formula is C11H11Cl2NO. The number of hydrogen-bond acceptors (Lipinski definition) is 1. The van der Waals surface area contributed by atoms with Crippen molar-refractivity contribution >= 4 is 34.8 Å². The molecule has 1 aromatic rings. The topological polar surface area (TPSA) is 20.3 Å². The molecule has 1 aliphatic heterocycles. The number of amides is 1. The number of fused-ring (bicyclic) bond motifs is 1. The first kappa shape index (κ1) is 10.8. The van der Waals surface area contributed by atoms with Crippen LogP contribution in [-0.4, -0.2) is 16.8 Å². The van der Waals surface area contributed by atoms with Crippen LogP contribution in [0.3, 0.4) is 0 Å². The molecule has 1 atom stereocenters. The van der Waals surface area contributed by atoms with Gasteiger partial charge in [0, 0.05) is 11.7 Å². The first-order valence-corrected chi connectivity index (χ1v) is 5.67. The number of benzene rings is 1. The highest BCUT2D eigenvalue weighted by Crippen LogP contribution is 2.33. The minimum atomic E-state index is -0.987. The highest BCUT2D eigenvalue weighted by Gasteiger charge is 2.32. The smallest absolute Gasteiger partial charge is 0.260 e. The van der Waals surface area contributed by atoms with E-state index in [4.69, 9.17) is 23.2 Å². The van der Waals surface area contributed by atoms with E-state index in [1.165, 1.54) is 5.56 Å². The summed E-state index contributed by atoms with van der Waals surface area (Å²) in [5.74, 6) is -0.240. The molecule has 4 heteroatoms. The molecule has 0 saturated carbocycles. The molecule has 0 radical (unpaired) electrons. The first-order valence-electron chi connectivity index (χ1n) is 4.80. The monoisotopic (exact) mass is 243 g/mol. The second kappa shape index (κ2) is 4.03. The zero-order valence-electron chi connectivity index (χ0n) is 8.28. The van der Waals surface area contributed by atoms with Crippen molar-refractivity contribution < 1.29 is 4.79 Å². The van der Waals surface area contributed by atoms with Gasteiger partial charge in [-0.3, -0.25) is 4.79 Å². The van der Waals surface area contributed by atoms with Crippen molar-refractivity contribution in [2.45, 2.75) is 24.2 Å². The maximum Gasteiger partial charge on any atom is 0.260 e. The number of halogens is 2. The van der Waals surface area contributed by atoms with Crippen LogP contribution >= 0.6 is 23.2 Å². The van der Waals surface area contributed by atoms with Crippen molar-refractivity contribution in [3.8, 4) is 0 Å². The molecule has 0 aliphatic carbocycles. The van der Waals surface area contributed by atoms with Crippen molar-refractivity contribution in [1.29, 1.82) is 0 Å². The van der Waals surface area contributed by atoms with Crippen LogP contribution in [0.15, 0.2) is 24.3 Å². The zero-order valence-corrected chi connectivity index (χ0v) is 9.79. The van der Waals surface area contributed by atoms with Crippen molar-refractivity contribution in [2.24, 2.45) is 0 Å². The highest BCUT2D eigenvalue weighted by molar-refractivity contribution is 6.54. The fourth-order valence-electron chi connectivity index (χ4n) is 2.01. The molecule has 15 heavy (non-hydrogen) atoms.